The quantitative estimate of drug-likeness (QED) is 0.783. The van der Waals surface area contributed by atoms with Crippen LogP contribution in [0, 0.1) is 18.2 Å². The molecule has 1 atom stereocenters. The number of hydrogen-bond acceptors (Lipinski definition) is 1. The molecule has 1 fully saturated rings. The Bertz CT molecular complexity index is 718. The normalized spacial score (nSPS) is 20.0. The van der Waals surface area contributed by atoms with E-state index in [4.69, 9.17) is 0 Å². The molecule has 1 nitrogen and oxygen atoms in total. The molecule has 0 aliphatic heterocycles. The monoisotopic (exact) mass is 312 g/mol. The van der Waals surface area contributed by atoms with Crippen molar-refractivity contribution in [2.45, 2.75) is 52.6 Å². The molecule has 1 N–H and O–H groups in total. The van der Waals surface area contributed by atoms with E-state index in [1.807, 2.05) is 25.1 Å². The van der Waals surface area contributed by atoms with Gasteiger partial charge in [-0.3, -0.25) is 0 Å². The Morgan fingerprint density at radius 2 is 1.91 bits per heavy atom. The molecule has 1 unspecified atom stereocenters. The van der Waals surface area contributed by atoms with Gasteiger partial charge in [0.2, 0.25) is 0 Å². The minimum Gasteiger partial charge on any atom is -0.392 e. The van der Waals surface area contributed by atoms with Gasteiger partial charge in [0.1, 0.15) is 5.82 Å². The first-order valence-electron chi connectivity index (χ1n) is 8.42. The van der Waals surface area contributed by atoms with Gasteiger partial charge in [-0.25, -0.2) is 4.39 Å². The van der Waals surface area contributed by atoms with E-state index in [1.54, 1.807) is 12.1 Å². The zero-order valence-corrected chi connectivity index (χ0v) is 14.2. The van der Waals surface area contributed by atoms with Crippen molar-refractivity contribution in [3.63, 3.8) is 0 Å². The van der Waals surface area contributed by atoms with Gasteiger partial charge in [-0.2, -0.15) is 0 Å². The van der Waals surface area contributed by atoms with E-state index in [9.17, 15) is 9.50 Å². The van der Waals surface area contributed by atoms with Crippen LogP contribution in [0.1, 0.15) is 55.7 Å². The summed E-state index contributed by atoms with van der Waals surface area (Å²) >= 11 is 0. The van der Waals surface area contributed by atoms with E-state index in [-0.39, 0.29) is 17.8 Å². The van der Waals surface area contributed by atoms with E-state index in [0.717, 1.165) is 23.1 Å². The number of aryl methyl sites for hydroxylation is 1. The Morgan fingerprint density at radius 1 is 1.13 bits per heavy atom. The molecule has 0 saturated heterocycles. The molecule has 0 heterocycles. The smallest absolute Gasteiger partial charge is 0.131 e. The molecule has 2 aromatic carbocycles. The first kappa shape index (κ1) is 16.2. The third-order valence-electron chi connectivity index (χ3n) is 5.34. The molecule has 0 bridgehead atoms. The summed E-state index contributed by atoms with van der Waals surface area (Å²) in [5.41, 5.74) is 5.01. The lowest BCUT2D eigenvalue weighted by molar-refractivity contribution is 0.281. The molecule has 23 heavy (non-hydrogen) atoms. The highest BCUT2D eigenvalue weighted by Gasteiger charge is 2.37. The molecule has 0 aromatic heterocycles. The molecule has 0 spiro atoms. The number of aliphatic hydroxyl groups is 1. The summed E-state index contributed by atoms with van der Waals surface area (Å²) in [6, 6.07) is 11.2. The fourth-order valence-electron chi connectivity index (χ4n) is 3.99. The van der Waals surface area contributed by atoms with Crippen molar-refractivity contribution < 1.29 is 9.50 Å². The van der Waals surface area contributed by atoms with Crippen molar-refractivity contribution in [3.8, 4) is 11.1 Å². The fourth-order valence-corrected chi connectivity index (χ4v) is 3.99. The maximum Gasteiger partial charge on any atom is 0.131 e. The van der Waals surface area contributed by atoms with Crippen LogP contribution in [0.25, 0.3) is 11.1 Å². The molecule has 2 aromatic rings. The second kappa shape index (κ2) is 6.09. The van der Waals surface area contributed by atoms with Gasteiger partial charge in [0.25, 0.3) is 0 Å². The van der Waals surface area contributed by atoms with Gasteiger partial charge >= 0.3 is 0 Å². The van der Waals surface area contributed by atoms with Crippen LogP contribution >= 0.6 is 0 Å². The fraction of sp³-hybridized carbons (Fsp3) is 0.429. The average molecular weight is 312 g/mol. The first-order valence-corrected chi connectivity index (χ1v) is 8.42. The molecule has 0 amide bonds. The van der Waals surface area contributed by atoms with Gasteiger partial charge in [0.15, 0.2) is 0 Å². The van der Waals surface area contributed by atoms with Crippen LogP contribution in [0.4, 0.5) is 4.39 Å². The summed E-state index contributed by atoms with van der Waals surface area (Å²) in [4.78, 5) is 0. The highest BCUT2D eigenvalue weighted by Crippen LogP contribution is 2.51. The zero-order chi connectivity index (χ0) is 16.6. The first-order chi connectivity index (χ1) is 10.9. The predicted octanol–water partition coefficient (Wildman–Crippen LogP) is 5.59. The van der Waals surface area contributed by atoms with E-state index in [1.165, 1.54) is 18.4 Å². The Kier molecular flexibility index (Phi) is 4.29. The molecule has 3 rings (SSSR count). The van der Waals surface area contributed by atoms with Crippen LogP contribution in [0.5, 0.6) is 0 Å². The minimum atomic E-state index is -0.176. The Labute approximate surface area is 138 Å². The summed E-state index contributed by atoms with van der Waals surface area (Å²) in [6.45, 7) is 6.61. The summed E-state index contributed by atoms with van der Waals surface area (Å²) in [6.07, 6.45) is 3.52. The number of aliphatic hydroxyl groups excluding tert-OH is 1. The van der Waals surface area contributed by atoms with E-state index >= 15 is 0 Å². The Morgan fingerprint density at radius 3 is 2.57 bits per heavy atom. The molecule has 1 aliphatic rings. The SMILES string of the molecule is Cc1ccc(F)c(-c2ccc(CO)cc2C2CCCC2(C)C)c1. The van der Waals surface area contributed by atoms with Gasteiger partial charge < -0.3 is 5.11 Å². The third kappa shape index (κ3) is 3.05. The van der Waals surface area contributed by atoms with Crippen LogP contribution in [-0.4, -0.2) is 5.11 Å². The number of benzene rings is 2. The molecule has 2 heteroatoms. The highest BCUT2D eigenvalue weighted by molar-refractivity contribution is 5.70. The number of rotatable bonds is 3. The maximum absolute atomic E-state index is 14.4. The van der Waals surface area contributed by atoms with Crippen LogP contribution in [0.2, 0.25) is 0 Å². The molecular weight excluding hydrogens is 287 g/mol. The number of hydrogen-bond donors (Lipinski definition) is 1. The van der Waals surface area contributed by atoms with Gasteiger partial charge in [-0.05, 0) is 59.9 Å². The highest BCUT2D eigenvalue weighted by atomic mass is 19.1. The van der Waals surface area contributed by atoms with Gasteiger partial charge in [-0.1, -0.05) is 50.1 Å². The van der Waals surface area contributed by atoms with Gasteiger partial charge in [-0.15, -0.1) is 0 Å². The van der Waals surface area contributed by atoms with Crippen LogP contribution in [-0.2, 0) is 6.61 Å². The molecule has 1 saturated carbocycles. The molecule has 1 aliphatic carbocycles. The van der Waals surface area contributed by atoms with Crippen LogP contribution < -0.4 is 0 Å². The Balaban J connectivity index is 2.19. The lowest BCUT2D eigenvalue weighted by Crippen LogP contribution is -2.16. The average Bonchev–Trinajstić information content (AvgIpc) is 2.88. The Hall–Kier alpha value is -1.67. The van der Waals surface area contributed by atoms with Crippen molar-refractivity contribution in [1.29, 1.82) is 0 Å². The van der Waals surface area contributed by atoms with Crippen molar-refractivity contribution in [3.05, 3.63) is 58.9 Å². The molecule has 122 valence electrons. The van der Waals surface area contributed by atoms with Crippen molar-refractivity contribution >= 4 is 0 Å². The van der Waals surface area contributed by atoms with E-state index in [2.05, 4.69) is 19.9 Å². The van der Waals surface area contributed by atoms with E-state index < -0.39 is 0 Å². The zero-order valence-electron chi connectivity index (χ0n) is 14.2. The minimum absolute atomic E-state index is 0.0245. The molecule has 0 radical (unpaired) electrons. The maximum atomic E-state index is 14.4. The molecular formula is C21H25FO. The largest absolute Gasteiger partial charge is 0.392 e. The third-order valence-corrected chi connectivity index (χ3v) is 5.34. The van der Waals surface area contributed by atoms with Gasteiger partial charge in [0.05, 0.1) is 6.61 Å². The van der Waals surface area contributed by atoms with Crippen molar-refractivity contribution in [2.75, 3.05) is 0 Å². The van der Waals surface area contributed by atoms with Crippen molar-refractivity contribution in [2.24, 2.45) is 5.41 Å². The summed E-state index contributed by atoms with van der Waals surface area (Å²) < 4.78 is 14.4. The van der Waals surface area contributed by atoms with Crippen LogP contribution in [0.3, 0.4) is 0 Å². The number of halogens is 1. The predicted molar refractivity (Wildman–Crippen MR) is 92.9 cm³/mol. The lowest BCUT2D eigenvalue weighted by atomic mass is 9.75. The second-order valence-electron chi connectivity index (χ2n) is 7.50. The summed E-state index contributed by atoms with van der Waals surface area (Å²) in [7, 11) is 0. The summed E-state index contributed by atoms with van der Waals surface area (Å²) in [5, 5.41) is 9.52. The topological polar surface area (TPSA) is 20.2 Å². The van der Waals surface area contributed by atoms with Crippen LogP contribution in [0.15, 0.2) is 36.4 Å². The van der Waals surface area contributed by atoms with E-state index in [0.29, 0.717) is 11.5 Å². The van der Waals surface area contributed by atoms with Crippen molar-refractivity contribution in [1.82, 2.24) is 0 Å². The summed E-state index contributed by atoms with van der Waals surface area (Å²) in [5.74, 6) is 0.230. The standard InChI is InChI=1S/C21H25FO/c1-14-6-9-20(22)18(11-14)16-8-7-15(13-23)12-17(16)19-5-4-10-21(19,2)3/h6-9,11-12,19,23H,4-5,10,13H2,1-3H3. The van der Waals surface area contributed by atoms with Gasteiger partial charge in [0, 0.05) is 5.56 Å². The lowest BCUT2D eigenvalue weighted by Gasteiger charge is -2.30. The second-order valence-corrected chi connectivity index (χ2v) is 7.50.